The zero-order valence-electron chi connectivity index (χ0n) is 10.7. The molecule has 0 saturated carbocycles. The van der Waals surface area contributed by atoms with E-state index in [4.69, 9.17) is 15.0 Å². The highest BCUT2D eigenvalue weighted by molar-refractivity contribution is 8.00. The zero-order valence-corrected chi connectivity index (χ0v) is 11.5. The van der Waals surface area contributed by atoms with Crippen molar-refractivity contribution >= 4 is 17.9 Å². The molecule has 0 fully saturated rings. The van der Waals surface area contributed by atoms with E-state index in [9.17, 15) is 0 Å². The predicted molar refractivity (Wildman–Crippen MR) is 67.8 cm³/mol. The lowest BCUT2D eigenvalue weighted by Gasteiger charge is -2.16. The van der Waals surface area contributed by atoms with Gasteiger partial charge in [0.25, 0.3) is 0 Å². The first-order valence-electron chi connectivity index (χ1n) is 5.03. The number of hydrogen-bond acceptors (Lipinski definition) is 4. The van der Waals surface area contributed by atoms with Crippen molar-refractivity contribution in [2.24, 2.45) is 0 Å². The highest BCUT2D eigenvalue weighted by Crippen LogP contribution is 2.29. The van der Waals surface area contributed by atoms with E-state index < -0.39 is 6.16 Å². The molecular formula is C11H18N2O3S. The Hall–Kier alpha value is -1.30. The molecule has 0 atom stereocenters. The van der Waals surface area contributed by atoms with Crippen LogP contribution in [0.25, 0.3) is 0 Å². The van der Waals surface area contributed by atoms with Crippen molar-refractivity contribution in [2.45, 2.75) is 44.5 Å². The summed E-state index contributed by atoms with van der Waals surface area (Å²) < 4.78 is 0.181. The third kappa shape index (κ3) is 9.62. The second-order valence-electron chi connectivity index (χ2n) is 4.43. The number of thioether (sulfide) groups is 1. The summed E-state index contributed by atoms with van der Waals surface area (Å²) in [4.78, 5) is 17.3. The van der Waals surface area contributed by atoms with Crippen molar-refractivity contribution in [2.75, 3.05) is 0 Å². The molecule has 0 unspecified atom stereocenters. The van der Waals surface area contributed by atoms with Crippen molar-refractivity contribution in [1.82, 2.24) is 9.97 Å². The molecule has 0 saturated heterocycles. The maximum Gasteiger partial charge on any atom is 0.503 e. The quantitative estimate of drug-likeness (QED) is 0.594. The second-order valence-corrected chi connectivity index (χ2v) is 6.22. The van der Waals surface area contributed by atoms with Gasteiger partial charge in [0, 0.05) is 16.1 Å². The van der Waals surface area contributed by atoms with Crippen LogP contribution in [-0.4, -0.2) is 31.1 Å². The van der Waals surface area contributed by atoms with Crippen molar-refractivity contribution in [3.63, 3.8) is 0 Å². The molecule has 0 radical (unpaired) electrons. The van der Waals surface area contributed by atoms with Crippen LogP contribution >= 0.6 is 11.8 Å². The van der Waals surface area contributed by atoms with Gasteiger partial charge in [-0.3, -0.25) is 0 Å². The zero-order chi connectivity index (χ0) is 13.6. The molecule has 5 nitrogen and oxygen atoms in total. The lowest BCUT2D eigenvalue weighted by atomic mass is 10.3. The Morgan fingerprint density at radius 2 is 1.53 bits per heavy atom. The van der Waals surface area contributed by atoms with Crippen LogP contribution in [0.15, 0.2) is 11.2 Å². The smallest absolute Gasteiger partial charge is 0.450 e. The predicted octanol–water partition coefficient (Wildman–Crippen LogP) is 3.21. The number of aryl methyl sites for hydroxylation is 2. The summed E-state index contributed by atoms with van der Waals surface area (Å²) in [5.41, 5.74) is 2.08. The van der Waals surface area contributed by atoms with E-state index >= 15 is 0 Å². The van der Waals surface area contributed by atoms with Gasteiger partial charge < -0.3 is 10.2 Å². The molecule has 0 aromatic carbocycles. The van der Waals surface area contributed by atoms with Gasteiger partial charge in [-0.15, -0.1) is 0 Å². The fourth-order valence-electron chi connectivity index (χ4n) is 1.01. The highest BCUT2D eigenvalue weighted by atomic mass is 32.2. The van der Waals surface area contributed by atoms with Gasteiger partial charge in [-0.05, 0) is 19.9 Å². The Bertz CT molecular complexity index is 365. The molecule has 1 aromatic heterocycles. The van der Waals surface area contributed by atoms with E-state index in [1.54, 1.807) is 11.8 Å². The first-order valence-corrected chi connectivity index (χ1v) is 5.85. The first kappa shape index (κ1) is 15.7. The van der Waals surface area contributed by atoms with Crippen LogP contribution < -0.4 is 0 Å². The summed E-state index contributed by atoms with van der Waals surface area (Å²) in [6.45, 7) is 10.5. The minimum atomic E-state index is -1.83. The molecule has 0 spiro atoms. The van der Waals surface area contributed by atoms with Gasteiger partial charge in [0.1, 0.15) is 0 Å². The van der Waals surface area contributed by atoms with Crippen LogP contribution in [0.5, 0.6) is 0 Å². The van der Waals surface area contributed by atoms with E-state index in [-0.39, 0.29) is 4.75 Å². The molecule has 0 aliphatic carbocycles. The third-order valence-corrected chi connectivity index (χ3v) is 2.34. The summed E-state index contributed by atoms with van der Waals surface area (Å²) in [5.74, 6) is 0. The molecule has 0 bridgehead atoms. The molecule has 17 heavy (non-hydrogen) atoms. The summed E-state index contributed by atoms with van der Waals surface area (Å²) in [6.07, 6.45) is -1.83. The number of carbonyl (C=O) groups is 1. The van der Waals surface area contributed by atoms with Gasteiger partial charge in [0.05, 0.1) is 0 Å². The maximum atomic E-state index is 8.56. The molecule has 1 aromatic rings. The summed E-state index contributed by atoms with van der Waals surface area (Å²) in [7, 11) is 0. The lowest BCUT2D eigenvalue weighted by molar-refractivity contribution is 0.137. The molecule has 6 heteroatoms. The monoisotopic (exact) mass is 258 g/mol. The van der Waals surface area contributed by atoms with Crippen LogP contribution in [0.2, 0.25) is 0 Å². The second kappa shape index (κ2) is 6.44. The van der Waals surface area contributed by atoms with Gasteiger partial charge >= 0.3 is 6.16 Å². The van der Waals surface area contributed by atoms with Crippen LogP contribution in [0.4, 0.5) is 4.79 Å². The average molecular weight is 258 g/mol. The topological polar surface area (TPSA) is 83.3 Å². The van der Waals surface area contributed by atoms with E-state index in [0.717, 1.165) is 16.5 Å². The van der Waals surface area contributed by atoms with Crippen LogP contribution in [-0.2, 0) is 0 Å². The Kier molecular flexibility index (Phi) is 5.95. The summed E-state index contributed by atoms with van der Waals surface area (Å²) in [6, 6.07) is 1.99. The average Bonchev–Trinajstić information content (AvgIpc) is 1.95. The Labute approximate surface area is 105 Å². The third-order valence-electron chi connectivity index (χ3n) is 1.36. The fourth-order valence-corrected chi connectivity index (χ4v) is 1.94. The maximum absolute atomic E-state index is 8.56. The van der Waals surface area contributed by atoms with Gasteiger partial charge in [-0.1, -0.05) is 32.5 Å². The number of carboxylic acid groups (broad SMARTS) is 2. The number of hydrogen-bond donors (Lipinski definition) is 2. The minimum Gasteiger partial charge on any atom is -0.450 e. The van der Waals surface area contributed by atoms with E-state index in [2.05, 4.69) is 30.7 Å². The van der Waals surface area contributed by atoms with Crippen molar-refractivity contribution in [3.05, 3.63) is 17.5 Å². The van der Waals surface area contributed by atoms with Crippen LogP contribution in [0.3, 0.4) is 0 Å². The Balaban J connectivity index is 0.000000557. The van der Waals surface area contributed by atoms with Gasteiger partial charge in [-0.25, -0.2) is 14.8 Å². The molecule has 1 rings (SSSR count). The molecule has 1 heterocycles. The summed E-state index contributed by atoms with van der Waals surface area (Å²) in [5, 5.41) is 14.8. The van der Waals surface area contributed by atoms with E-state index in [0.29, 0.717) is 0 Å². The number of rotatable bonds is 1. The van der Waals surface area contributed by atoms with Gasteiger partial charge in [0.2, 0.25) is 0 Å². The van der Waals surface area contributed by atoms with E-state index in [1.807, 2.05) is 19.9 Å². The molecule has 0 amide bonds. The number of nitrogens with zero attached hydrogens (tertiary/aromatic N) is 2. The molecule has 0 aliphatic heterocycles. The fraction of sp³-hybridized carbons (Fsp3) is 0.545. The number of aromatic nitrogens is 2. The standard InChI is InChI=1S/C10H16N2S.CH2O3/c1-7-6-8(2)12-9(11-7)13-10(3,4)5;2-1(3)4/h6H,1-5H3;(H2,2,3,4). The Morgan fingerprint density at radius 1 is 1.18 bits per heavy atom. The Morgan fingerprint density at radius 3 is 1.82 bits per heavy atom. The van der Waals surface area contributed by atoms with Gasteiger partial charge in [-0.2, -0.15) is 0 Å². The van der Waals surface area contributed by atoms with Crippen LogP contribution in [0.1, 0.15) is 32.2 Å². The SMILES string of the molecule is Cc1cc(C)nc(SC(C)(C)C)n1.O=C(O)O. The van der Waals surface area contributed by atoms with E-state index in [1.165, 1.54) is 0 Å². The molecule has 2 N–H and O–H groups in total. The molecule has 96 valence electrons. The largest absolute Gasteiger partial charge is 0.503 e. The van der Waals surface area contributed by atoms with Crippen molar-refractivity contribution < 1.29 is 15.0 Å². The molecular weight excluding hydrogens is 240 g/mol. The normalized spacial score (nSPS) is 10.4. The lowest BCUT2D eigenvalue weighted by Crippen LogP contribution is -2.08. The first-order chi connectivity index (χ1) is 7.60. The summed E-state index contributed by atoms with van der Waals surface area (Å²) >= 11 is 1.71. The minimum absolute atomic E-state index is 0.181. The molecule has 0 aliphatic rings. The van der Waals surface area contributed by atoms with Crippen molar-refractivity contribution in [3.8, 4) is 0 Å². The van der Waals surface area contributed by atoms with Gasteiger partial charge in [0.15, 0.2) is 5.16 Å². The van der Waals surface area contributed by atoms with Crippen molar-refractivity contribution in [1.29, 1.82) is 0 Å². The van der Waals surface area contributed by atoms with Crippen LogP contribution in [0, 0.1) is 13.8 Å². The highest BCUT2D eigenvalue weighted by Gasteiger charge is 2.14.